The van der Waals surface area contributed by atoms with Crippen molar-refractivity contribution in [2.75, 3.05) is 34.9 Å². The molecule has 96 valence electrons. The average Bonchev–Trinajstić information content (AvgIpc) is 2.31. The SMILES string of the molecule is COc1cc(Br)c(C(CN)N(C)C)cc1OC. The summed E-state index contributed by atoms with van der Waals surface area (Å²) in [5, 5.41) is 0. The van der Waals surface area contributed by atoms with Gasteiger partial charge in [-0.25, -0.2) is 0 Å². The lowest BCUT2D eigenvalue weighted by Crippen LogP contribution is -2.27. The van der Waals surface area contributed by atoms with Gasteiger partial charge in [-0.1, -0.05) is 15.9 Å². The molecule has 0 saturated carbocycles. The molecule has 0 bridgehead atoms. The first-order valence-corrected chi connectivity index (χ1v) is 6.12. The Bertz CT molecular complexity index is 383. The number of hydrogen-bond acceptors (Lipinski definition) is 4. The van der Waals surface area contributed by atoms with Gasteiger partial charge in [0, 0.05) is 17.1 Å². The minimum absolute atomic E-state index is 0.143. The van der Waals surface area contributed by atoms with E-state index in [9.17, 15) is 0 Å². The number of likely N-dealkylation sites (N-methyl/N-ethyl adjacent to an activating group) is 1. The number of halogens is 1. The molecule has 4 nitrogen and oxygen atoms in total. The van der Waals surface area contributed by atoms with E-state index in [1.807, 2.05) is 26.2 Å². The Morgan fingerprint density at radius 2 is 1.76 bits per heavy atom. The molecule has 0 amide bonds. The van der Waals surface area contributed by atoms with Crippen LogP contribution in [0.1, 0.15) is 11.6 Å². The normalized spacial score (nSPS) is 12.6. The molecule has 0 fully saturated rings. The van der Waals surface area contributed by atoms with Crippen LogP contribution in [0.4, 0.5) is 0 Å². The van der Waals surface area contributed by atoms with E-state index in [0.717, 1.165) is 10.0 Å². The molecule has 0 aromatic heterocycles. The van der Waals surface area contributed by atoms with Gasteiger partial charge in [-0.15, -0.1) is 0 Å². The highest BCUT2D eigenvalue weighted by atomic mass is 79.9. The number of benzene rings is 1. The van der Waals surface area contributed by atoms with E-state index in [1.54, 1.807) is 14.2 Å². The standard InChI is InChI=1S/C12H19BrN2O2/c1-15(2)10(7-14)8-5-11(16-3)12(17-4)6-9(8)13/h5-6,10H,7,14H2,1-4H3. The number of hydrogen-bond donors (Lipinski definition) is 1. The molecule has 1 unspecified atom stereocenters. The summed E-state index contributed by atoms with van der Waals surface area (Å²) in [5.74, 6) is 1.42. The predicted octanol–water partition coefficient (Wildman–Crippen LogP) is 2.03. The number of ether oxygens (including phenoxy) is 2. The Labute approximate surface area is 111 Å². The third-order valence-electron chi connectivity index (χ3n) is 2.71. The van der Waals surface area contributed by atoms with Crippen molar-refractivity contribution in [3.63, 3.8) is 0 Å². The molecule has 0 radical (unpaired) electrons. The van der Waals surface area contributed by atoms with Crippen LogP contribution in [0.15, 0.2) is 16.6 Å². The first kappa shape index (κ1) is 14.3. The second-order valence-corrected chi connectivity index (χ2v) is 4.80. The van der Waals surface area contributed by atoms with Crippen molar-refractivity contribution >= 4 is 15.9 Å². The smallest absolute Gasteiger partial charge is 0.161 e. The fourth-order valence-electron chi connectivity index (χ4n) is 1.74. The molecule has 0 aliphatic heterocycles. The van der Waals surface area contributed by atoms with E-state index >= 15 is 0 Å². The number of nitrogens with two attached hydrogens (primary N) is 1. The maximum atomic E-state index is 5.80. The molecule has 0 aliphatic carbocycles. The summed E-state index contributed by atoms with van der Waals surface area (Å²) in [5.41, 5.74) is 6.89. The average molecular weight is 303 g/mol. The Morgan fingerprint density at radius 1 is 1.24 bits per heavy atom. The van der Waals surface area contributed by atoms with Crippen molar-refractivity contribution in [1.29, 1.82) is 0 Å². The van der Waals surface area contributed by atoms with Gasteiger partial charge in [-0.05, 0) is 31.8 Å². The van der Waals surface area contributed by atoms with E-state index < -0.39 is 0 Å². The van der Waals surface area contributed by atoms with Crippen molar-refractivity contribution in [3.8, 4) is 11.5 Å². The van der Waals surface area contributed by atoms with Gasteiger partial charge in [-0.3, -0.25) is 0 Å². The maximum absolute atomic E-state index is 5.80. The zero-order chi connectivity index (χ0) is 13.0. The quantitative estimate of drug-likeness (QED) is 0.904. The molecule has 1 rings (SSSR count). The van der Waals surface area contributed by atoms with E-state index in [4.69, 9.17) is 15.2 Å². The maximum Gasteiger partial charge on any atom is 0.161 e. The molecule has 0 heterocycles. The van der Waals surface area contributed by atoms with Gasteiger partial charge in [0.2, 0.25) is 0 Å². The van der Waals surface area contributed by atoms with Gasteiger partial charge < -0.3 is 20.1 Å². The number of nitrogens with zero attached hydrogens (tertiary/aromatic N) is 1. The third-order valence-corrected chi connectivity index (χ3v) is 3.40. The van der Waals surface area contributed by atoms with Crippen molar-refractivity contribution in [1.82, 2.24) is 4.90 Å². The molecule has 1 atom stereocenters. The summed E-state index contributed by atoms with van der Waals surface area (Å²) in [6.07, 6.45) is 0. The fourth-order valence-corrected chi connectivity index (χ4v) is 2.33. The van der Waals surface area contributed by atoms with Gasteiger partial charge >= 0.3 is 0 Å². The van der Waals surface area contributed by atoms with Crippen LogP contribution in [0.2, 0.25) is 0 Å². The van der Waals surface area contributed by atoms with Crippen molar-refractivity contribution in [2.24, 2.45) is 5.73 Å². The van der Waals surface area contributed by atoms with Gasteiger partial charge in [-0.2, -0.15) is 0 Å². The molecule has 1 aromatic rings. The van der Waals surface area contributed by atoms with Crippen LogP contribution in [0.3, 0.4) is 0 Å². The van der Waals surface area contributed by atoms with Crippen molar-refractivity contribution in [2.45, 2.75) is 6.04 Å². The second-order valence-electron chi connectivity index (χ2n) is 3.94. The first-order valence-electron chi connectivity index (χ1n) is 5.33. The Morgan fingerprint density at radius 3 is 2.18 bits per heavy atom. The van der Waals surface area contributed by atoms with Crippen LogP contribution >= 0.6 is 15.9 Å². The molecule has 1 aromatic carbocycles. The zero-order valence-electron chi connectivity index (χ0n) is 10.7. The minimum Gasteiger partial charge on any atom is -0.493 e. The fraction of sp³-hybridized carbons (Fsp3) is 0.500. The molecular formula is C12H19BrN2O2. The monoisotopic (exact) mass is 302 g/mol. The van der Waals surface area contributed by atoms with Crippen LogP contribution in [0.5, 0.6) is 11.5 Å². The predicted molar refractivity (Wildman–Crippen MR) is 72.7 cm³/mol. The zero-order valence-corrected chi connectivity index (χ0v) is 12.2. The Balaban J connectivity index is 3.24. The topological polar surface area (TPSA) is 47.7 Å². The van der Waals surface area contributed by atoms with Gasteiger partial charge in [0.1, 0.15) is 0 Å². The summed E-state index contributed by atoms with van der Waals surface area (Å²) in [7, 11) is 7.25. The molecule has 2 N–H and O–H groups in total. The number of methoxy groups -OCH3 is 2. The third kappa shape index (κ3) is 3.12. The van der Waals surface area contributed by atoms with E-state index in [2.05, 4.69) is 20.8 Å². The molecule has 17 heavy (non-hydrogen) atoms. The van der Waals surface area contributed by atoms with E-state index in [0.29, 0.717) is 18.0 Å². The van der Waals surface area contributed by atoms with Crippen molar-refractivity contribution in [3.05, 3.63) is 22.2 Å². The van der Waals surface area contributed by atoms with Crippen molar-refractivity contribution < 1.29 is 9.47 Å². The summed E-state index contributed by atoms with van der Waals surface area (Å²) in [6.45, 7) is 0.543. The highest BCUT2D eigenvalue weighted by molar-refractivity contribution is 9.10. The lowest BCUT2D eigenvalue weighted by atomic mass is 10.1. The largest absolute Gasteiger partial charge is 0.493 e. The van der Waals surface area contributed by atoms with Crippen LogP contribution < -0.4 is 15.2 Å². The molecule has 0 spiro atoms. The van der Waals surface area contributed by atoms with Gasteiger partial charge in [0.15, 0.2) is 11.5 Å². The van der Waals surface area contributed by atoms with Crippen LogP contribution in [0, 0.1) is 0 Å². The highest BCUT2D eigenvalue weighted by Gasteiger charge is 2.18. The van der Waals surface area contributed by atoms with Crippen LogP contribution in [-0.2, 0) is 0 Å². The summed E-state index contributed by atoms with van der Waals surface area (Å²) >= 11 is 3.54. The van der Waals surface area contributed by atoms with Crippen LogP contribution in [0.25, 0.3) is 0 Å². The highest BCUT2D eigenvalue weighted by Crippen LogP contribution is 2.36. The summed E-state index contributed by atoms with van der Waals surface area (Å²) in [6, 6.07) is 4.00. The minimum atomic E-state index is 0.143. The van der Waals surface area contributed by atoms with Gasteiger partial charge in [0.25, 0.3) is 0 Å². The van der Waals surface area contributed by atoms with E-state index in [1.165, 1.54) is 0 Å². The number of rotatable bonds is 5. The molecule has 0 aliphatic rings. The van der Waals surface area contributed by atoms with E-state index in [-0.39, 0.29) is 6.04 Å². The molecule has 0 saturated heterocycles. The molecule has 5 heteroatoms. The molecular weight excluding hydrogens is 284 g/mol. The van der Waals surface area contributed by atoms with Gasteiger partial charge in [0.05, 0.1) is 14.2 Å². The lowest BCUT2D eigenvalue weighted by molar-refractivity contribution is 0.302. The summed E-state index contributed by atoms with van der Waals surface area (Å²) < 4.78 is 11.5. The summed E-state index contributed by atoms with van der Waals surface area (Å²) in [4.78, 5) is 2.08. The first-order chi connectivity index (χ1) is 8.04. The Kier molecular flexibility index (Phi) is 5.24. The lowest BCUT2D eigenvalue weighted by Gasteiger charge is -2.25. The van der Waals surface area contributed by atoms with Crippen LogP contribution in [-0.4, -0.2) is 39.8 Å². The Hall–Kier alpha value is -0.780. The second kappa shape index (κ2) is 6.23.